The van der Waals surface area contributed by atoms with Crippen molar-refractivity contribution in [2.75, 3.05) is 6.54 Å². The van der Waals surface area contributed by atoms with Crippen molar-refractivity contribution >= 4 is 23.6 Å². The van der Waals surface area contributed by atoms with E-state index in [1.165, 1.54) is 6.08 Å². The predicted octanol–water partition coefficient (Wildman–Crippen LogP) is 2.21. The van der Waals surface area contributed by atoms with E-state index in [0.717, 1.165) is 43.4 Å². The third-order valence-electron chi connectivity index (χ3n) is 3.97. The first-order valence-electron chi connectivity index (χ1n) is 7.29. The summed E-state index contributed by atoms with van der Waals surface area (Å²) >= 11 is 6.10. The summed E-state index contributed by atoms with van der Waals surface area (Å²) in [6, 6.07) is 0. The third-order valence-corrected chi connectivity index (χ3v) is 4.42. The standard InChI is InChI=1S/C15H22ClN3O2/c1-11-12(14(16)19(2)18-11)6-7-13(20)17-10-15(21)8-4-3-5-9-15/h6-7,21H,3-5,8-10H2,1-2H3,(H,17,20). The number of hydrogen-bond acceptors (Lipinski definition) is 3. The smallest absolute Gasteiger partial charge is 0.244 e. The fourth-order valence-electron chi connectivity index (χ4n) is 2.69. The van der Waals surface area contributed by atoms with Crippen molar-refractivity contribution in [1.29, 1.82) is 0 Å². The van der Waals surface area contributed by atoms with Crippen LogP contribution < -0.4 is 5.32 Å². The van der Waals surface area contributed by atoms with E-state index in [9.17, 15) is 9.90 Å². The average molecular weight is 312 g/mol. The highest BCUT2D eigenvalue weighted by atomic mass is 35.5. The molecule has 2 rings (SSSR count). The van der Waals surface area contributed by atoms with Crippen LogP contribution in [0.5, 0.6) is 0 Å². The number of nitrogens with one attached hydrogen (secondary N) is 1. The van der Waals surface area contributed by atoms with Crippen molar-refractivity contribution in [3.8, 4) is 0 Å². The number of aryl methyl sites for hydroxylation is 2. The van der Waals surface area contributed by atoms with Gasteiger partial charge in [0.25, 0.3) is 0 Å². The first-order chi connectivity index (χ1) is 9.91. The Hall–Kier alpha value is -1.33. The van der Waals surface area contributed by atoms with Gasteiger partial charge in [0.2, 0.25) is 5.91 Å². The molecular weight excluding hydrogens is 290 g/mol. The average Bonchev–Trinajstić information content (AvgIpc) is 2.69. The molecule has 1 amide bonds. The van der Waals surface area contributed by atoms with Gasteiger partial charge in [-0.1, -0.05) is 30.9 Å². The summed E-state index contributed by atoms with van der Waals surface area (Å²) in [5, 5.41) is 17.8. The van der Waals surface area contributed by atoms with Crippen LogP contribution in [0.1, 0.15) is 43.4 Å². The van der Waals surface area contributed by atoms with E-state index in [1.807, 2.05) is 6.92 Å². The van der Waals surface area contributed by atoms with Gasteiger partial charge in [-0.25, -0.2) is 0 Å². The Labute approximate surface area is 130 Å². The number of carbonyl (C=O) groups is 1. The number of amides is 1. The first-order valence-corrected chi connectivity index (χ1v) is 7.66. The minimum Gasteiger partial charge on any atom is -0.388 e. The molecule has 2 N–H and O–H groups in total. The topological polar surface area (TPSA) is 67.2 Å². The molecule has 1 heterocycles. The lowest BCUT2D eigenvalue weighted by molar-refractivity contribution is -0.118. The van der Waals surface area contributed by atoms with Gasteiger partial charge in [-0.2, -0.15) is 5.10 Å². The van der Waals surface area contributed by atoms with E-state index in [2.05, 4.69) is 10.4 Å². The fraction of sp³-hybridized carbons (Fsp3) is 0.600. The molecular formula is C15H22ClN3O2. The minimum absolute atomic E-state index is 0.228. The quantitative estimate of drug-likeness (QED) is 0.838. The van der Waals surface area contributed by atoms with E-state index in [0.29, 0.717) is 11.7 Å². The Morgan fingerprint density at radius 1 is 1.48 bits per heavy atom. The monoisotopic (exact) mass is 311 g/mol. The molecule has 0 spiro atoms. The molecule has 0 bridgehead atoms. The van der Waals surface area contributed by atoms with E-state index in [4.69, 9.17) is 11.6 Å². The van der Waals surface area contributed by atoms with Crippen molar-refractivity contribution < 1.29 is 9.90 Å². The highest BCUT2D eigenvalue weighted by Crippen LogP contribution is 2.27. The molecule has 21 heavy (non-hydrogen) atoms. The van der Waals surface area contributed by atoms with E-state index in [1.54, 1.807) is 17.8 Å². The Morgan fingerprint density at radius 2 is 2.14 bits per heavy atom. The van der Waals surface area contributed by atoms with Crippen LogP contribution in [0.25, 0.3) is 6.08 Å². The maximum Gasteiger partial charge on any atom is 0.244 e. The second kappa shape index (κ2) is 6.62. The van der Waals surface area contributed by atoms with Gasteiger partial charge >= 0.3 is 0 Å². The molecule has 6 heteroatoms. The Kier molecular flexibility index (Phi) is 5.06. The van der Waals surface area contributed by atoms with Crippen LogP contribution in [-0.2, 0) is 11.8 Å². The normalized spacial score (nSPS) is 18.1. The van der Waals surface area contributed by atoms with Gasteiger partial charge in [-0.15, -0.1) is 0 Å². The van der Waals surface area contributed by atoms with Gasteiger partial charge in [-0.05, 0) is 25.8 Å². The fourth-order valence-corrected chi connectivity index (χ4v) is 2.93. The summed E-state index contributed by atoms with van der Waals surface area (Å²) in [5.41, 5.74) is 0.770. The predicted molar refractivity (Wildman–Crippen MR) is 83.0 cm³/mol. The molecule has 0 unspecified atom stereocenters. The number of hydrogen-bond donors (Lipinski definition) is 2. The lowest BCUT2D eigenvalue weighted by Crippen LogP contribution is -2.43. The number of aliphatic hydroxyl groups is 1. The molecule has 0 radical (unpaired) electrons. The Balaban J connectivity index is 1.91. The second-order valence-corrected chi connectivity index (χ2v) is 6.11. The molecule has 0 aromatic carbocycles. The Morgan fingerprint density at radius 3 is 2.71 bits per heavy atom. The molecule has 5 nitrogen and oxygen atoms in total. The molecule has 1 fully saturated rings. The molecule has 1 aromatic rings. The molecule has 116 valence electrons. The van der Waals surface area contributed by atoms with Gasteiger partial charge in [0.05, 0.1) is 11.3 Å². The van der Waals surface area contributed by atoms with Crippen molar-refractivity contribution in [3.63, 3.8) is 0 Å². The lowest BCUT2D eigenvalue weighted by atomic mass is 9.85. The van der Waals surface area contributed by atoms with Crippen molar-refractivity contribution in [2.24, 2.45) is 7.05 Å². The Bertz CT molecular complexity index is 545. The highest BCUT2D eigenvalue weighted by Gasteiger charge is 2.29. The number of carbonyl (C=O) groups excluding carboxylic acids is 1. The summed E-state index contributed by atoms with van der Waals surface area (Å²) in [6.45, 7) is 2.14. The van der Waals surface area contributed by atoms with Crippen molar-refractivity contribution in [3.05, 3.63) is 22.5 Å². The zero-order valence-corrected chi connectivity index (χ0v) is 13.3. The highest BCUT2D eigenvalue weighted by molar-refractivity contribution is 6.31. The number of rotatable bonds is 4. The third kappa shape index (κ3) is 4.08. The van der Waals surface area contributed by atoms with Crippen LogP contribution in [0.2, 0.25) is 5.15 Å². The molecule has 0 aliphatic heterocycles. The van der Waals surface area contributed by atoms with Gasteiger partial charge in [-0.3, -0.25) is 9.48 Å². The molecule has 1 aromatic heterocycles. The molecule has 1 saturated carbocycles. The zero-order valence-electron chi connectivity index (χ0n) is 12.5. The van der Waals surface area contributed by atoms with Gasteiger partial charge in [0, 0.05) is 25.2 Å². The largest absolute Gasteiger partial charge is 0.388 e. The van der Waals surface area contributed by atoms with Crippen molar-refractivity contribution in [1.82, 2.24) is 15.1 Å². The molecule has 1 aliphatic carbocycles. The lowest BCUT2D eigenvalue weighted by Gasteiger charge is -2.31. The summed E-state index contributed by atoms with van der Waals surface area (Å²) in [6.07, 6.45) is 7.80. The SMILES string of the molecule is Cc1nn(C)c(Cl)c1C=CC(=O)NCC1(O)CCCCC1. The summed E-state index contributed by atoms with van der Waals surface area (Å²) in [4.78, 5) is 11.9. The number of nitrogens with zero attached hydrogens (tertiary/aromatic N) is 2. The van der Waals surface area contributed by atoms with Crippen LogP contribution in [0, 0.1) is 6.92 Å². The van der Waals surface area contributed by atoms with Crippen LogP contribution in [0.3, 0.4) is 0 Å². The van der Waals surface area contributed by atoms with Crippen LogP contribution >= 0.6 is 11.6 Å². The van der Waals surface area contributed by atoms with E-state index < -0.39 is 5.60 Å². The van der Waals surface area contributed by atoms with Gasteiger partial charge in [0.1, 0.15) is 5.15 Å². The summed E-state index contributed by atoms with van der Waals surface area (Å²) in [5.74, 6) is -0.228. The van der Waals surface area contributed by atoms with E-state index >= 15 is 0 Å². The van der Waals surface area contributed by atoms with E-state index in [-0.39, 0.29) is 5.91 Å². The maximum absolute atomic E-state index is 11.9. The van der Waals surface area contributed by atoms with Crippen LogP contribution in [-0.4, -0.2) is 32.9 Å². The van der Waals surface area contributed by atoms with Gasteiger partial charge < -0.3 is 10.4 Å². The van der Waals surface area contributed by atoms with Crippen LogP contribution in [0.15, 0.2) is 6.08 Å². The van der Waals surface area contributed by atoms with Gasteiger partial charge in [0.15, 0.2) is 0 Å². The molecule has 0 saturated heterocycles. The number of halogens is 1. The number of aromatic nitrogens is 2. The van der Waals surface area contributed by atoms with Crippen LogP contribution in [0.4, 0.5) is 0 Å². The van der Waals surface area contributed by atoms with Crippen molar-refractivity contribution in [2.45, 2.75) is 44.6 Å². The zero-order chi connectivity index (χ0) is 15.5. The first kappa shape index (κ1) is 16.0. The summed E-state index contributed by atoms with van der Waals surface area (Å²) in [7, 11) is 1.76. The minimum atomic E-state index is -0.746. The second-order valence-electron chi connectivity index (χ2n) is 5.75. The molecule has 1 aliphatic rings. The summed E-state index contributed by atoms with van der Waals surface area (Å²) < 4.78 is 1.57. The molecule has 0 atom stereocenters. The maximum atomic E-state index is 11.9.